The third-order valence-corrected chi connectivity index (χ3v) is 8.26. The van der Waals surface area contributed by atoms with E-state index in [9.17, 15) is 22.8 Å². The minimum Gasteiger partial charge on any atom is -0.342 e. The number of rotatable bonds is 6. The van der Waals surface area contributed by atoms with Crippen LogP contribution in [-0.4, -0.2) is 71.1 Å². The highest BCUT2D eigenvalue weighted by Crippen LogP contribution is 2.29. The van der Waals surface area contributed by atoms with E-state index in [1.165, 1.54) is 30.5 Å². The number of carbonyl (C=O) groups excluding carboxylic acids is 3. The van der Waals surface area contributed by atoms with E-state index in [-0.39, 0.29) is 52.4 Å². The molecule has 2 aliphatic heterocycles. The Kier molecular flexibility index (Phi) is 7.73. The maximum atomic E-state index is 13.0. The molecule has 0 radical (unpaired) electrons. The molecule has 2 N–H and O–H groups in total. The molecular formula is C26H34N6O5S. The van der Waals surface area contributed by atoms with E-state index in [0.717, 1.165) is 0 Å². The van der Waals surface area contributed by atoms with Crippen LogP contribution in [0.2, 0.25) is 0 Å². The van der Waals surface area contributed by atoms with E-state index in [2.05, 4.69) is 20.0 Å². The highest BCUT2D eigenvalue weighted by atomic mass is 32.2. The number of hydrogen-bond donors (Lipinski definition) is 2. The molecule has 1 aromatic heterocycles. The molecule has 0 saturated carbocycles. The number of amides is 3. The Bertz CT molecular complexity index is 1310. The van der Waals surface area contributed by atoms with Crippen LogP contribution in [0.5, 0.6) is 0 Å². The average molecular weight is 543 g/mol. The van der Waals surface area contributed by atoms with Gasteiger partial charge in [0, 0.05) is 55.1 Å². The second kappa shape index (κ2) is 10.7. The van der Waals surface area contributed by atoms with Crippen molar-refractivity contribution in [3.05, 3.63) is 42.2 Å². The summed E-state index contributed by atoms with van der Waals surface area (Å²) in [6.07, 6.45) is 2.74. The average Bonchev–Trinajstić information content (AvgIpc) is 3.26. The van der Waals surface area contributed by atoms with Gasteiger partial charge in [-0.1, -0.05) is 0 Å². The first-order valence-electron chi connectivity index (χ1n) is 12.7. The number of piperidine rings is 1. The molecule has 2 aromatic rings. The van der Waals surface area contributed by atoms with Crippen LogP contribution in [0.15, 0.2) is 41.4 Å². The van der Waals surface area contributed by atoms with E-state index in [1.807, 2.05) is 20.8 Å². The molecule has 0 aliphatic carbocycles. The molecule has 1 unspecified atom stereocenters. The SMILES string of the molecule is Cc1ccnc(NS(=O)(=O)c2ccc(NC(=O)C3CCN(C(=O)C4CC(=O)N(C(C)(C)C)C4)CC3)cc2)n1. The molecule has 204 valence electrons. The first kappa shape index (κ1) is 27.5. The first-order valence-corrected chi connectivity index (χ1v) is 14.1. The van der Waals surface area contributed by atoms with E-state index in [0.29, 0.717) is 43.9 Å². The standard InChI is InChI=1S/C26H34N6O5S/c1-17-9-12-27-25(28-17)30-38(36,37)21-7-5-20(6-8-21)29-23(34)18-10-13-31(14-11-18)24(35)19-15-22(33)32(16-19)26(2,3)4/h5-9,12,18-19H,10-11,13-16H2,1-4H3,(H,29,34)(H,27,28,30). The van der Waals surface area contributed by atoms with Gasteiger partial charge in [0.1, 0.15) is 0 Å². The maximum absolute atomic E-state index is 13.0. The number of sulfonamides is 1. The molecule has 4 rings (SSSR count). The summed E-state index contributed by atoms with van der Waals surface area (Å²) in [5.41, 5.74) is 0.795. The lowest BCUT2D eigenvalue weighted by atomic mass is 9.94. The molecule has 0 spiro atoms. The molecule has 2 saturated heterocycles. The Balaban J connectivity index is 1.28. The fourth-order valence-electron chi connectivity index (χ4n) is 4.78. The summed E-state index contributed by atoms with van der Waals surface area (Å²) in [4.78, 5) is 49.7. The molecule has 3 heterocycles. The maximum Gasteiger partial charge on any atom is 0.264 e. The Morgan fingerprint density at radius 3 is 2.26 bits per heavy atom. The minimum atomic E-state index is -3.88. The minimum absolute atomic E-state index is 0.00297. The number of anilines is 2. The summed E-state index contributed by atoms with van der Waals surface area (Å²) in [5.74, 6) is -0.811. The van der Waals surface area contributed by atoms with Crippen molar-refractivity contribution in [2.75, 3.05) is 29.7 Å². The fourth-order valence-corrected chi connectivity index (χ4v) is 5.73. The van der Waals surface area contributed by atoms with E-state index >= 15 is 0 Å². The lowest BCUT2D eigenvalue weighted by Crippen LogP contribution is -2.46. The van der Waals surface area contributed by atoms with Crippen molar-refractivity contribution in [2.45, 2.75) is 57.4 Å². The number of aryl methyl sites for hydroxylation is 1. The van der Waals surface area contributed by atoms with Crippen molar-refractivity contribution in [2.24, 2.45) is 11.8 Å². The third kappa shape index (κ3) is 6.29. The van der Waals surface area contributed by atoms with Crippen molar-refractivity contribution in [1.82, 2.24) is 19.8 Å². The Hall–Kier alpha value is -3.54. The van der Waals surface area contributed by atoms with Crippen LogP contribution in [0.25, 0.3) is 0 Å². The predicted octanol–water partition coefficient (Wildman–Crippen LogP) is 2.41. The van der Waals surface area contributed by atoms with Gasteiger partial charge in [-0.05, 0) is 70.9 Å². The Morgan fingerprint density at radius 2 is 1.68 bits per heavy atom. The summed E-state index contributed by atoms with van der Waals surface area (Å²) in [7, 11) is -3.88. The highest BCUT2D eigenvalue weighted by molar-refractivity contribution is 7.92. The van der Waals surface area contributed by atoms with Crippen molar-refractivity contribution >= 4 is 39.4 Å². The van der Waals surface area contributed by atoms with E-state index in [1.54, 1.807) is 22.8 Å². The van der Waals surface area contributed by atoms with Gasteiger partial charge < -0.3 is 15.1 Å². The molecular weight excluding hydrogens is 508 g/mol. The summed E-state index contributed by atoms with van der Waals surface area (Å²) < 4.78 is 27.6. The quantitative estimate of drug-likeness (QED) is 0.571. The zero-order valence-corrected chi connectivity index (χ0v) is 22.9. The smallest absolute Gasteiger partial charge is 0.264 e. The van der Waals surface area contributed by atoms with Crippen molar-refractivity contribution in [3.63, 3.8) is 0 Å². The second-order valence-electron chi connectivity index (χ2n) is 10.8. The van der Waals surface area contributed by atoms with E-state index in [4.69, 9.17) is 0 Å². The number of carbonyl (C=O) groups is 3. The number of likely N-dealkylation sites (tertiary alicyclic amines) is 2. The molecule has 2 aliphatic rings. The van der Waals surface area contributed by atoms with Crippen LogP contribution in [-0.2, 0) is 24.4 Å². The van der Waals surface area contributed by atoms with Crippen LogP contribution < -0.4 is 10.0 Å². The molecule has 12 heteroatoms. The van der Waals surface area contributed by atoms with Gasteiger partial charge >= 0.3 is 0 Å². The normalized spacial score (nSPS) is 18.9. The van der Waals surface area contributed by atoms with Gasteiger partial charge in [0.25, 0.3) is 10.0 Å². The van der Waals surface area contributed by atoms with Crippen LogP contribution >= 0.6 is 0 Å². The molecule has 1 aromatic carbocycles. The van der Waals surface area contributed by atoms with E-state index < -0.39 is 10.0 Å². The van der Waals surface area contributed by atoms with Gasteiger partial charge in [0.05, 0.1) is 10.8 Å². The Morgan fingerprint density at radius 1 is 1.03 bits per heavy atom. The largest absolute Gasteiger partial charge is 0.342 e. The van der Waals surface area contributed by atoms with Gasteiger partial charge in [-0.25, -0.2) is 23.1 Å². The van der Waals surface area contributed by atoms with Crippen LogP contribution in [0.3, 0.4) is 0 Å². The summed E-state index contributed by atoms with van der Waals surface area (Å²) in [6, 6.07) is 7.52. The summed E-state index contributed by atoms with van der Waals surface area (Å²) in [6.45, 7) is 8.97. The number of benzene rings is 1. The topological polar surface area (TPSA) is 142 Å². The van der Waals surface area contributed by atoms with Gasteiger partial charge in [-0.15, -0.1) is 0 Å². The van der Waals surface area contributed by atoms with Crippen molar-refractivity contribution < 1.29 is 22.8 Å². The van der Waals surface area contributed by atoms with Crippen LogP contribution in [0.1, 0.15) is 45.7 Å². The molecule has 2 fully saturated rings. The van der Waals surface area contributed by atoms with Crippen LogP contribution in [0.4, 0.5) is 11.6 Å². The first-order chi connectivity index (χ1) is 17.8. The van der Waals surface area contributed by atoms with Gasteiger partial charge in [0.2, 0.25) is 23.7 Å². The lowest BCUT2D eigenvalue weighted by Gasteiger charge is -2.34. The van der Waals surface area contributed by atoms with Gasteiger partial charge in [-0.3, -0.25) is 14.4 Å². The molecule has 1 atom stereocenters. The fraction of sp³-hybridized carbons (Fsp3) is 0.500. The molecule has 3 amide bonds. The lowest BCUT2D eigenvalue weighted by molar-refractivity contribution is -0.138. The third-order valence-electron chi connectivity index (χ3n) is 6.91. The zero-order valence-electron chi connectivity index (χ0n) is 22.1. The predicted molar refractivity (Wildman–Crippen MR) is 142 cm³/mol. The molecule has 11 nitrogen and oxygen atoms in total. The summed E-state index contributed by atoms with van der Waals surface area (Å²) in [5, 5.41) is 2.84. The summed E-state index contributed by atoms with van der Waals surface area (Å²) >= 11 is 0. The highest BCUT2D eigenvalue weighted by Gasteiger charge is 2.41. The monoisotopic (exact) mass is 542 g/mol. The van der Waals surface area contributed by atoms with Crippen molar-refractivity contribution in [1.29, 1.82) is 0 Å². The molecule has 38 heavy (non-hydrogen) atoms. The zero-order chi connectivity index (χ0) is 27.7. The number of nitrogens with one attached hydrogen (secondary N) is 2. The van der Waals surface area contributed by atoms with Crippen molar-refractivity contribution in [3.8, 4) is 0 Å². The number of aromatic nitrogens is 2. The van der Waals surface area contributed by atoms with Gasteiger partial charge in [0.15, 0.2) is 0 Å². The van der Waals surface area contributed by atoms with Crippen LogP contribution in [0, 0.1) is 18.8 Å². The Labute approximate surface area is 223 Å². The number of nitrogens with zero attached hydrogens (tertiary/aromatic N) is 4. The molecule has 0 bridgehead atoms. The second-order valence-corrected chi connectivity index (χ2v) is 12.5. The number of hydrogen-bond acceptors (Lipinski definition) is 7. The van der Waals surface area contributed by atoms with Gasteiger partial charge in [-0.2, -0.15) is 0 Å².